The summed E-state index contributed by atoms with van der Waals surface area (Å²) in [4.78, 5) is 0. The fraction of sp³-hybridized carbons (Fsp3) is 0.250. The molecule has 1 aromatic carbocycles. The lowest BCUT2D eigenvalue weighted by molar-refractivity contribution is 0.299. The second-order valence-electron chi connectivity index (χ2n) is 1.96. The number of benzene rings is 1. The molecule has 0 amide bonds. The van der Waals surface area contributed by atoms with E-state index in [1.54, 1.807) is 0 Å². The molecule has 0 bridgehead atoms. The molecule has 0 fully saturated rings. The monoisotopic (exact) mass is 188 g/mol. The van der Waals surface area contributed by atoms with Gasteiger partial charge in [-0.05, 0) is 12.0 Å². The van der Waals surface area contributed by atoms with Gasteiger partial charge in [0.05, 0.1) is 0 Å². The molecule has 62 valence electrons. The maximum absolute atomic E-state index is 8.52. The normalized spacial score (nSPS) is 7.73. The summed E-state index contributed by atoms with van der Waals surface area (Å²) in [5.74, 6) is 0. The summed E-state index contributed by atoms with van der Waals surface area (Å²) in [5.41, 5.74) is 1.19. The van der Waals surface area contributed by atoms with Crippen LogP contribution in [0.15, 0.2) is 30.3 Å². The summed E-state index contributed by atoms with van der Waals surface area (Å²) >= 11 is 0. The first-order valence-electron chi connectivity index (χ1n) is 3.08. The van der Waals surface area contributed by atoms with Crippen molar-refractivity contribution in [2.45, 2.75) is 6.42 Å². The highest BCUT2D eigenvalue weighted by Crippen LogP contribution is 1.97. The molecule has 1 rings (SSSR count). The van der Waals surface area contributed by atoms with Gasteiger partial charge in [-0.3, -0.25) is 0 Å². The van der Waals surface area contributed by atoms with Crippen LogP contribution >= 0.6 is 12.4 Å². The van der Waals surface area contributed by atoms with Gasteiger partial charge in [0.25, 0.3) is 0 Å². The van der Waals surface area contributed by atoms with E-state index in [0.717, 1.165) is 6.42 Å². The van der Waals surface area contributed by atoms with E-state index in [1.807, 2.05) is 30.3 Å². The molecule has 0 spiro atoms. The summed E-state index contributed by atoms with van der Waals surface area (Å²) in [5, 5.41) is 8.52. The average Bonchev–Trinajstić information content (AvgIpc) is 1.91. The zero-order chi connectivity index (χ0) is 6.53. The quantitative estimate of drug-likeness (QED) is 0.669. The Bertz CT molecular complexity index is 167. The van der Waals surface area contributed by atoms with Crippen LogP contribution in [-0.4, -0.2) is 29.1 Å². The lowest BCUT2D eigenvalue weighted by atomic mass is 10.2. The second kappa shape index (κ2) is 8.10. The minimum atomic E-state index is 0. The Labute approximate surface area is 84.0 Å². The largest absolute Gasteiger partial charge is 0.396 e. The van der Waals surface area contributed by atoms with Crippen LogP contribution in [0.3, 0.4) is 0 Å². The minimum absolute atomic E-state index is 0. The Morgan fingerprint density at radius 1 is 1.09 bits per heavy atom. The van der Waals surface area contributed by atoms with Crippen molar-refractivity contribution in [3.05, 3.63) is 35.9 Å². The molecule has 0 aliphatic rings. The molecule has 1 aromatic rings. The number of hydrogen-bond donors (Lipinski definition) is 1. The van der Waals surface area contributed by atoms with Crippen molar-refractivity contribution in [2.75, 3.05) is 6.61 Å². The summed E-state index contributed by atoms with van der Waals surface area (Å²) < 4.78 is 0. The molecule has 3 heteroatoms. The third-order valence-corrected chi connectivity index (χ3v) is 1.24. The maximum atomic E-state index is 8.52. The average molecular weight is 189 g/mol. The van der Waals surface area contributed by atoms with E-state index in [-0.39, 0.29) is 36.4 Å². The predicted molar refractivity (Wildman–Crippen MR) is 54.4 cm³/mol. The van der Waals surface area contributed by atoms with E-state index < -0.39 is 0 Å². The van der Waals surface area contributed by atoms with E-state index in [1.165, 1.54) is 5.56 Å². The van der Waals surface area contributed by atoms with Crippen LogP contribution in [0.2, 0.25) is 0 Å². The number of aliphatic hydroxyl groups is 1. The van der Waals surface area contributed by atoms with Gasteiger partial charge in [0, 0.05) is 6.61 Å². The predicted octanol–water partition coefficient (Wildman–Crippen LogP) is 0.459. The van der Waals surface area contributed by atoms with Crippen LogP contribution in [-0.2, 0) is 6.42 Å². The molecule has 0 radical (unpaired) electrons. The molecular weight excluding hydrogens is 175 g/mol. The van der Waals surface area contributed by atoms with E-state index in [2.05, 4.69) is 0 Å². The lowest BCUT2D eigenvalue weighted by Gasteiger charge is -1.93. The number of halogens is 1. The SMILES string of the molecule is Cl.OCCc1ccccc1.[AlH3]. The molecule has 1 N–H and O–H groups in total. The van der Waals surface area contributed by atoms with Crippen LogP contribution < -0.4 is 0 Å². The van der Waals surface area contributed by atoms with Gasteiger partial charge >= 0.3 is 0 Å². The summed E-state index contributed by atoms with van der Waals surface area (Å²) in [7, 11) is 0. The number of aliphatic hydroxyl groups excluding tert-OH is 1. The fourth-order valence-electron chi connectivity index (χ4n) is 0.774. The molecule has 0 aromatic heterocycles. The summed E-state index contributed by atoms with van der Waals surface area (Å²) in [6.45, 7) is 0.240. The third kappa shape index (κ3) is 5.29. The second-order valence-corrected chi connectivity index (χ2v) is 1.96. The first-order valence-corrected chi connectivity index (χ1v) is 3.08. The van der Waals surface area contributed by atoms with Crippen molar-refractivity contribution in [1.29, 1.82) is 0 Å². The molecule has 0 aliphatic heterocycles. The first-order chi connectivity index (χ1) is 4.43. The Morgan fingerprint density at radius 3 is 2.09 bits per heavy atom. The topological polar surface area (TPSA) is 20.2 Å². The molecule has 0 saturated heterocycles. The van der Waals surface area contributed by atoms with Gasteiger partial charge in [0.2, 0.25) is 0 Å². The van der Waals surface area contributed by atoms with Gasteiger partial charge in [0.1, 0.15) is 0 Å². The Morgan fingerprint density at radius 2 is 1.64 bits per heavy atom. The van der Waals surface area contributed by atoms with E-state index in [0.29, 0.717) is 0 Å². The smallest absolute Gasteiger partial charge is 0.187 e. The van der Waals surface area contributed by atoms with Gasteiger partial charge < -0.3 is 5.11 Å². The van der Waals surface area contributed by atoms with Crippen LogP contribution in [0.25, 0.3) is 0 Å². The van der Waals surface area contributed by atoms with Crippen molar-refractivity contribution < 1.29 is 5.11 Å². The molecule has 11 heavy (non-hydrogen) atoms. The molecular formula is C8H14AlClO. The van der Waals surface area contributed by atoms with Gasteiger partial charge in [-0.25, -0.2) is 0 Å². The molecule has 0 aliphatic carbocycles. The van der Waals surface area contributed by atoms with Gasteiger partial charge in [0.15, 0.2) is 17.4 Å². The molecule has 0 heterocycles. The highest BCUT2D eigenvalue weighted by atomic mass is 35.5. The summed E-state index contributed by atoms with van der Waals surface area (Å²) in [6, 6.07) is 9.95. The van der Waals surface area contributed by atoms with Crippen molar-refractivity contribution in [2.24, 2.45) is 0 Å². The Kier molecular flexibility index (Phi) is 10.0. The van der Waals surface area contributed by atoms with Crippen molar-refractivity contribution in [3.63, 3.8) is 0 Å². The Hall–Kier alpha value is 0.00247. The van der Waals surface area contributed by atoms with Crippen LogP contribution in [0.4, 0.5) is 0 Å². The van der Waals surface area contributed by atoms with E-state index in [9.17, 15) is 0 Å². The van der Waals surface area contributed by atoms with Crippen LogP contribution in [0, 0.1) is 0 Å². The number of hydrogen-bond acceptors (Lipinski definition) is 1. The van der Waals surface area contributed by atoms with Gasteiger partial charge in [-0.2, -0.15) is 0 Å². The first kappa shape index (κ1) is 13.6. The maximum Gasteiger partial charge on any atom is 0.187 e. The molecule has 0 unspecified atom stereocenters. The minimum Gasteiger partial charge on any atom is -0.396 e. The zero-order valence-corrected chi connectivity index (χ0v) is 6.47. The highest BCUT2D eigenvalue weighted by molar-refractivity contribution is 5.85. The summed E-state index contributed by atoms with van der Waals surface area (Å²) in [6.07, 6.45) is 0.765. The van der Waals surface area contributed by atoms with Crippen LogP contribution in [0.1, 0.15) is 5.56 Å². The zero-order valence-electron chi connectivity index (χ0n) is 5.66. The third-order valence-electron chi connectivity index (χ3n) is 1.24. The van der Waals surface area contributed by atoms with E-state index >= 15 is 0 Å². The van der Waals surface area contributed by atoms with Crippen molar-refractivity contribution >= 4 is 29.8 Å². The van der Waals surface area contributed by atoms with Crippen LogP contribution in [0.5, 0.6) is 0 Å². The number of rotatable bonds is 2. The molecule has 0 saturated carbocycles. The lowest BCUT2D eigenvalue weighted by Crippen LogP contribution is -1.88. The van der Waals surface area contributed by atoms with Gasteiger partial charge in [-0.1, -0.05) is 30.3 Å². The highest BCUT2D eigenvalue weighted by Gasteiger charge is 1.85. The standard InChI is InChI=1S/C8H10O.Al.ClH.3H/c9-7-6-8-4-2-1-3-5-8;;;;;/h1-5,9H,6-7H2;;1H;;;. The fourth-order valence-corrected chi connectivity index (χ4v) is 0.774. The van der Waals surface area contributed by atoms with Crippen molar-refractivity contribution in [1.82, 2.24) is 0 Å². The molecule has 1 nitrogen and oxygen atoms in total. The molecule has 0 atom stereocenters. The van der Waals surface area contributed by atoms with E-state index in [4.69, 9.17) is 5.11 Å². The van der Waals surface area contributed by atoms with Gasteiger partial charge in [-0.15, -0.1) is 12.4 Å². The van der Waals surface area contributed by atoms with Crippen molar-refractivity contribution in [3.8, 4) is 0 Å². The Balaban J connectivity index is 0.